The molecule has 0 aliphatic heterocycles. The lowest BCUT2D eigenvalue weighted by molar-refractivity contribution is -0.118. The van der Waals surface area contributed by atoms with E-state index in [2.05, 4.69) is 15.5 Å². The molecule has 0 unspecified atom stereocenters. The quantitative estimate of drug-likeness (QED) is 0.444. The first-order valence-electron chi connectivity index (χ1n) is 7.06. The average Bonchev–Trinajstić information content (AvgIpc) is 3.10. The molecule has 0 saturated heterocycles. The second-order valence-corrected chi connectivity index (χ2v) is 5.91. The molecule has 6 nitrogen and oxygen atoms in total. The molecule has 23 heavy (non-hydrogen) atoms. The number of benzene rings is 1. The highest BCUT2D eigenvalue weighted by molar-refractivity contribution is 7.99. The number of para-hydroxylation sites is 2. The predicted octanol–water partition coefficient (Wildman–Crippen LogP) is 2.72. The highest BCUT2D eigenvalue weighted by Gasteiger charge is 2.09. The van der Waals surface area contributed by atoms with Crippen LogP contribution < -0.4 is 5.43 Å². The number of aromatic nitrogens is 2. The van der Waals surface area contributed by atoms with Crippen molar-refractivity contribution in [1.82, 2.24) is 15.0 Å². The van der Waals surface area contributed by atoms with Gasteiger partial charge in [-0.2, -0.15) is 5.10 Å². The van der Waals surface area contributed by atoms with E-state index in [1.807, 2.05) is 48.9 Å². The summed E-state index contributed by atoms with van der Waals surface area (Å²) in [5.41, 5.74) is 4.44. The van der Waals surface area contributed by atoms with Crippen molar-refractivity contribution in [3.05, 3.63) is 47.9 Å². The number of furan rings is 1. The number of carbonyl (C=O) groups excluding carboxylic acids is 1. The van der Waals surface area contributed by atoms with Gasteiger partial charge in [-0.15, -0.1) is 0 Å². The first kappa shape index (κ1) is 15.4. The Morgan fingerprint density at radius 2 is 2.22 bits per heavy atom. The minimum Gasteiger partial charge on any atom is -0.460 e. The maximum absolute atomic E-state index is 11.8. The van der Waals surface area contributed by atoms with Gasteiger partial charge < -0.3 is 8.98 Å². The molecule has 3 aromatic rings. The molecule has 0 aliphatic carbocycles. The van der Waals surface area contributed by atoms with Crippen molar-refractivity contribution in [1.29, 1.82) is 0 Å². The summed E-state index contributed by atoms with van der Waals surface area (Å²) < 4.78 is 7.30. The summed E-state index contributed by atoms with van der Waals surface area (Å²) in [6.45, 7) is 1.85. The maximum Gasteiger partial charge on any atom is 0.250 e. The van der Waals surface area contributed by atoms with E-state index in [0.717, 1.165) is 22.0 Å². The number of hydrazone groups is 1. The SMILES string of the molecule is Cc1ccc(/C=N\NC(=O)CSc2nc3ccccc3n2C)o1. The lowest BCUT2D eigenvalue weighted by Gasteiger charge is -2.01. The van der Waals surface area contributed by atoms with Gasteiger partial charge in [-0.25, -0.2) is 10.4 Å². The number of nitrogens with zero attached hydrogens (tertiary/aromatic N) is 3. The molecule has 0 aliphatic rings. The van der Waals surface area contributed by atoms with Crippen LogP contribution in [0.5, 0.6) is 0 Å². The molecule has 0 spiro atoms. The van der Waals surface area contributed by atoms with E-state index in [1.165, 1.54) is 18.0 Å². The van der Waals surface area contributed by atoms with Crippen LogP contribution in [0, 0.1) is 6.92 Å². The molecule has 0 radical (unpaired) electrons. The van der Waals surface area contributed by atoms with Crippen molar-refractivity contribution in [3.63, 3.8) is 0 Å². The Morgan fingerprint density at radius 1 is 1.39 bits per heavy atom. The number of fused-ring (bicyclic) bond motifs is 1. The van der Waals surface area contributed by atoms with E-state index in [1.54, 1.807) is 6.07 Å². The number of carbonyl (C=O) groups is 1. The van der Waals surface area contributed by atoms with E-state index in [0.29, 0.717) is 5.76 Å². The molecule has 0 fully saturated rings. The number of imidazole rings is 1. The van der Waals surface area contributed by atoms with Crippen LogP contribution in [0.4, 0.5) is 0 Å². The van der Waals surface area contributed by atoms with Gasteiger partial charge in [-0.1, -0.05) is 23.9 Å². The minimum absolute atomic E-state index is 0.193. The molecule has 0 saturated carbocycles. The molecule has 118 valence electrons. The van der Waals surface area contributed by atoms with Gasteiger partial charge in [0.15, 0.2) is 5.16 Å². The lowest BCUT2D eigenvalue weighted by atomic mass is 10.3. The van der Waals surface area contributed by atoms with E-state index in [9.17, 15) is 4.79 Å². The van der Waals surface area contributed by atoms with Gasteiger partial charge in [-0.3, -0.25) is 4.79 Å². The summed E-state index contributed by atoms with van der Waals surface area (Å²) >= 11 is 1.37. The smallest absolute Gasteiger partial charge is 0.250 e. The van der Waals surface area contributed by atoms with Crippen molar-refractivity contribution in [2.75, 3.05) is 5.75 Å². The van der Waals surface area contributed by atoms with E-state index in [-0.39, 0.29) is 11.7 Å². The summed E-state index contributed by atoms with van der Waals surface area (Å²) in [5, 5.41) is 4.67. The number of hydrogen-bond acceptors (Lipinski definition) is 5. The zero-order valence-corrected chi connectivity index (χ0v) is 13.6. The Kier molecular flexibility index (Phi) is 4.47. The lowest BCUT2D eigenvalue weighted by Crippen LogP contribution is -2.19. The monoisotopic (exact) mass is 328 g/mol. The number of aryl methyl sites for hydroxylation is 2. The first-order chi connectivity index (χ1) is 11.1. The van der Waals surface area contributed by atoms with Gasteiger partial charge in [0, 0.05) is 7.05 Å². The van der Waals surface area contributed by atoms with Crippen LogP contribution in [0.3, 0.4) is 0 Å². The third kappa shape index (κ3) is 3.62. The summed E-state index contributed by atoms with van der Waals surface area (Å²) in [6.07, 6.45) is 1.48. The number of amides is 1. The summed E-state index contributed by atoms with van der Waals surface area (Å²) in [6, 6.07) is 11.5. The highest BCUT2D eigenvalue weighted by Crippen LogP contribution is 2.22. The van der Waals surface area contributed by atoms with Crippen LogP contribution in [-0.4, -0.2) is 27.4 Å². The fourth-order valence-corrected chi connectivity index (χ4v) is 2.89. The Morgan fingerprint density at radius 3 is 2.96 bits per heavy atom. The minimum atomic E-state index is -0.193. The van der Waals surface area contributed by atoms with Crippen molar-refractivity contribution in [2.45, 2.75) is 12.1 Å². The second-order valence-electron chi connectivity index (χ2n) is 4.97. The van der Waals surface area contributed by atoms with Crippen LogP contribution in [0.1, 0.15) is 11.5 Å². The number of hydrogen-bond donors (Lipinski definition) is 1. The first-order valence-corrected chi connectivity index (χ1v) is 8.04. The Hall–Kier alpha value is -2.54. The molecule has 7 heteroatoms. The van der Waals surface area contributed by atoms with Gasteiger partial charge in [0.05, 0.1) is 23.0 Å². The van der Waals surface area contributed by atoms with Gasteiger partial charge >= 0.3 is 0 Å². The summed E-state index contributed by atoms with van der Waals surface area (Å²) in [7, 11) is 1.94. The molecule has 1 N–H and O–H groups in total. The molecule has 1 amide bonds. The molecule has 1 aromatic carbocycles. The molecule has 3 rings (SSSR count). The van der Waals surface area contributed by atoms with Crippen molar-refractivity contribution in [3.8, 4) is 0 Å². The van der Waals surface area contributed by atoms with Crippen LogP contribution in [0.2, 0.25) is 0 Å². The standard InChI is InChI=1S/C16H16N4O2S/c1-11-7-8-12(22-11)9-17-19-15(21)10-23-16-18-13-5-3-4-6-14(13)20(16)2/h3-9H,10H2,1-2H3,(H,19,21)/b17-9-. The van der Waals surface area contributed by atoms with Crippen molar-refractivity contribution >= 4 is 34.9 Å². The van der Waals surface area contributed by atoms with Gasteiger partial charge in [0.2, 0.25) is 0 Å². The largest absolute Gasteiger partial charge is 0.460 e. The molecule has 2 heterocycles. The predicted molar refractivity (Wildman–Crippen MR) is 90.6 cm³/mol. The molecule has 0 atom stereocenters. The zero-order chi connectivity index (χ0) is 16.2. The highest BCUT2D eigenvalue weighted by atomic mass is 32.2. The topological polar surface area (TPSA) is 72.4 Å². The molecule has 2 aromatic heterocycles. The van der Waals surface area contributed by atoms with Crippen LogP contribution in [-0.2, 0) is 11.8 Å². The number of rotatable bonds is 5. The molecular formula is C16H16N4O2S. The fourth-order valence-electron chi connectivity index (χ4n) is 2.11. The van der Waals surface area contributed by atoms with Crippen molar-refractivity contribution in [2.24, 2.45) is 12.1 Å². The molecular weight excluding hydrogens is 312 g/mol. The second kappa shape index (κ2) is 6.70. The third-order valence-corrected chi connectivity index (χ3v) is 4.25. The van der Waals surface area contributed by atoms with E-state index in [4.69, 9.17) is 4.42 Å². The average molecular weight is 328 g/mol. The number of nitrogens with one attached hydrogen (secondary N) is 1. The Labute approximate surface area is 137 Å². The van der Waals surface area contributed by atoms with Gasteiger partial charge in [0.1, 0.15) is 11.5 Å². The summed E-state index contributed by atoms with van der Waals surface area (Å²) in [5.74, 6) is 1.45. The van der Waals surface area contributed by atoms with Crippen LogP contribution >= 0.6 is 11.8 Å². The van der Waals surface area contributed by atoms with Gasteiger partial charge in [-0.05, 0) is 31.2 Å². The normalized spacial score (nSPS) is 11.4. The van der Waals surface area contributed by atoms with E-state index < -0.39 is 0 Å². The van der Waals surface area contributed by atoms with Crippen LogP contribution in [0.25, 0.3) is 11.0 Å². The maximum atomic E-state index is 11.8. The molecule has 0 bridgehead atoms. The Balaban J connectivity index is 1.56. The van der Waals surface area contributed by atoms with Crippen molar-refractivity contribution < 1.29 is 9.21 Å². The third-order valence-electron chi connectivity index (χ3n) is 3.22. The Bertz CT molecular complexity index is 866. The van der Waals surface area contributed by atoms with E-state index >= 15 is 0 Å². The number of thioether (sulfide) groups is 1. The van der Waals surface area contributed by atoms with Gasteiger partial charge in [0.25, 0.3) is 5.91 Å². The zero-order valence-electron chi connectivity index (χ0n) is 12.8. The fraction of sp³-hybridized carbons (Fsp3) is 0.188. The summed E-state index contributed by atoms with van der Waals surface area (Å²) in [4.78, 5) is 16.3. The van der Waals surface area contributed by atoms with Crippen LogP contribution in [0.15, 0.2) is 51.1 Å².